The van der Waals surface area contributed by atoms with Gasteiger partial charge in [-0.15, -0.1) is 0 Å². The minimum Gasteiger partial charge on any atom is -0.497 e. The molecule has 0 aliphatic rings. The lowest BCUT2D eigenvalue weighted by molar-refractivity contribution is -0.139. The molecule has 0 amide bonds. The van der Waals surface area contributed by atoms with Crippen LogP contribution in [0.1, 0.15) is 32.2 Å². The Labute approximate surface area is 114 Å². The number of pyridine rings is 1. The minimum atomic E-state index is -0.838. The molecule has 1 heterocycles. The number of carbonyl (C=O) groups is 1. The molecule has 0 fully saturated rings. The number of rotatable bonds is 5. The third kappa shape index (κ3) is 4.87. The number of hydrogen-bond acceptors (Lipinski definition) is 4. The summed E-state index contributed by atoms with van der Waals surface area (Å²) >= 11 is 0. The molecule has 0 spiro atoms. The molecule has 0 aliphatic carbocycles. The number of aliphatic carboxylic acids is 1. The average molecular weight is 266 g/mol. The van der Waals surface area contributed by atoms with Gasteiger partial charge < -0.3 is 9.84 Å². The first-order chi connectivity index (χ1) is 8.72. The van der Waals surface area contributed by atoms with Crippen LogP contribution >= 0.6 is 0 Å². The molecular formula is C14H22N2O3. The Kier molecular flexibility index (Phi) is 4.89. The maximum Gasteiger partial charge on any atom is 0.317 e. The van der Waals surface area contributed by atoms with Crippen LogP contribution in [0.4, 0.5) is 0 Å². The first-order valence-corrected chi connectivity index (χ1v) is 6.21. The lowest BCUT2D eigenvalue weighted by atomic mass is 10.1. The number of hydrogen-bond donors (Lipinski definition) is 1. The molecule has 0 aromatic carbocycles. The van der Waals surface area contributed by atoms with Crippen molar-refractivity contribution in [3.05, 3.63) is 23.5 Å². The van der Waals surface area contributed by atoms with Crippen molar-refractivity contribution >= 4 is 5.97 Å². The summed E-state index contributed by atoms with van der Waals surface area (Å²) in [5.74, 6) is -0.0961. The zero-order valence-corrected chi connectivity index (χ0v) is 12.2. The van der Waals surface area contributed by atoms with Gasteiger partial charge in [0.1, 0.15) is 5.75 Å². The molecule has 1 aromatic rings. The number of methoxy groups -OCH3 is 1. The highest BCUT2D eigenvalue weighted by atomic mass is 16.5. The lowest BCUT2D eigenvalue weighted by Gasteiger charge is -2.34. The van der Waals surface area contributed by atoms with Gasteiger partial charge in [0, 0.05) is 29.9 Å². The van der Waals surface area contributed by atoms with Crippen molar-refractivity contribution in [3.8, 4) is 5.75 Å². The van der Waals surface area contributed by atoms with E-state index in [0.29, 0.717) is 6.54 Å². The quantitative estimate of drug-likeness (QED) is 0.884. The summed E-state index contributed by atoms with van der Waals surface area (Å²) in [6.07, 6.45) is 0. The molecule has 0 unspecified atom stereocenters. The van der Waals surface area contributed by atoms with E-state index in [-0.39, 0.29) is 12.1 Å². The molecule has 0 radical (unpaired) electrons. The fourth-order valence-electron chi connectivity index (χ4n) is 1.79. The fourth-order valence-corrected chi connectivity index (χ4v) is 1.79. The van der Waals surface area contributed by atoms with E-state index in [4.69, 9.17) is 9.84 Å². The summed E-state index contributed by atoms with van der Waals surface area (Å²) in [7, 11) is 1.61. The summed E-state index contributed by atoms with van der Waals surface area (Å²) in [6, 6.07) is 3.69. The van der Waals surface area contributed by atoms with Crippen LogP contribution in [-0.2, 0) is 11.3 Å². The van der Waals surface area contributed by atoms with Gasteiger partial charge in [-0.1, -0.05) is 0 Å². The smallest absolute Gasteiger partial charge is 0.317 e. The lowest BCUT2D eigenvalue weighted by Crippen LogP contribution is -2.44. The molecule has 0 atom stereocenters. The Balaban J connectivity index is 2.96. The molecule has 1 rings (SSSR count). The summed E-state index contributed by atoms with van der Waals surface area (Å²) in [5.41, 5.74) is 1.43. The highest BCUT2D eigenvalue weighted by Crippen LogP contribution is 2.19. The Morgan fingerprint density at radius 1 is 1.42 bits per heavy atom. The van der Waals surface area contributed by atoms with Crippen molar-refractivity contribution in [1.29, 1.82) is 0 Å². The topological polar surface area (TPSA) is 62.7 Å². The van der Waals surface area contributed by atoms with Gasteiger partial charge in [-0.3, -0.25) is 14.7 Å². The molecule has 0 saturated heterocycles. The van der Waals surface area contributed by atoms with E-state index in [2.05, 4.69) is 4.98 Å². The van der Waals surface area contributed by atoms with Crippen LogP contribution in [0.2, 0.25) is 0 Å². The third-order valence-corrected chi connectivity index (χ3v) is 2.84. The van der Waals surface area contributed by atoms with Gasteiger partial charge in [0.15, 0.2) is 0 Å². The largest absolute Gasteiger partial charge is 0.497 e. The Morgan fingerprint density at radius 3 is 2.53 bits per heavy atom. The van der Waals surface area contributed by atoms with E-state index in [0.717, 1.165) is 17.1 Å². The molecule has 0 aliphatic heterocycles. The predicted molar refractivity (Wildman–Crippen MR) is 73.3 cm³/mol. The highest BCUT2D eigenvalue weighted by molar-refractivity contribution is 5.69. The monoisotopic (exact) mass is 266 g/mol. The molecular weight excluding hydrogens is 244 g/mol. The van der Waals surface area contributed by atoms with Crippen LogP contribution < -0.4 is 4.74 Å². The second kappa shape index (κ2) is 6.02. The fraction of sp³-hybridized carbons (Fsp3) is 0.571. The van der Waals surface area contributed by atoms with Gasteiger partial charge in [-0.2, -0.15) is 0 Å². The normalized spacial score (nSPS) is 11.7. The van der Waals surface area contributed by atoms with Crippen molar-refractivity contribution in [2.75, 3.05) is 13.7 Å². The van der Waals surface area contributed by atoms with Crippen molar-refractivity contribution in [1.82, 2.24) is 9.88 Å². The number of carboxylic acids is 1. The van der Waals surface area contributed by atoms with Crippen LogP contribution in [0.3, 0.4) is 0 Å². The Bertz CT molecular complexity index is 452. The number of nitrogens with zero attached hydrogens (tertiary/aromatic N) is 2. The molecule has 19 heavy (non-hydrogen) atoms. The van der Waals surface area contributed by atoms with Gasteiger partial charge in [-0.25, -0.2) is 0 Å². The first kappa shape index (κ1) is 15.4. The second-order valence-corrected chi connectivity index (χ2v) is 5.56. The predicted octanol–water partition coefficient (Wildman–Crippen LogP) is 2.08. The van der Waals surface area contributed by atoms with Crippen LogP contribution in [0, 0.1) is 6.92 Å². The van der Waals surface area contributed by atoms with Gasteiger partial charge in [0.05, 0.1) is 19.3 Å². The maximum atomic E-state index is 10.9. The van der Waals surface area contributed by atoms with Crippen molar-refractivity contribution in [2.24, 2.45) is 0 Å². The number of aromatic nitrogens is 1. The van der Waals surface area contributed by atoms with Crippen LogP contribution in [0.25, 0.3) is 0 Å². The zero-order chi connectivity index (χ0) is 14.6. The van der Waals surface area contributed by atoms with Crippen LogP contribution in [-0.4, -0.2) is 40.2 Å². The van der Waals surface area contributed by atoms with E-state index in [9.17, 15) is 4.79 Å². The summed E-state index contributed by atoms with van der Waals surface area (Å²) < 4.78 is 5.21. The number of aryl methyl sites for hydroxylation is 1. The minimum absolute atomic E-state index is 0.0125. The third-order valence-electron chi connectivity index (χ3n) is 2.84. The summed E-state index contributed by atoms with van der Waals surface area (Å²) in [6.45, 7) is 8.33. The molecule has 5 nitrogen and oxygen atoms in total. The number of carboxylic acid groups (broad SMARTS) is 1. The highest BCUT2D eigenvalue weighted by Gasteiger charge is 2.24. The molecule has 106 valence electrons. The summed E-state index contributed by atoms with van der Waals surface area (Å²) in [5, 5.41) is 8.99. The zero-order valence-electron chi connectivity index (χ0n) is 12.2. The molecule has 1 aromatic heterocycles. The van der Waals surface area contributed by atoms with E-state index in [1.807, 2.05) is 44.7 Å². The molecule has 1 N–H and O–H groups in total. The second-order valence-electron chi connectivity index (χ2n) is 5.56. The standard InChI is InChI=1S/C14H22N2O3/c1-10-6-12(19-5)7-11(15-10)8-16(9-13(17)18)14(2,3)4/h6-7H,8-9H2,1-5H3,(H,17,18). The van der Waals surface area contributed by atoms with E-state index in [1.54, 1.807) is 7.11 Å². The number of ether oxygens (including phenoxy) is 1. The van der Waals surface area contributed by atoms with Gasteiger partial charge in [0.25, 0.3) is 0 Å². The van der Waals surface area contributed by atoms with Crippen LogP contribution in [0.5, 0.6) is 5.75 Å². The van der Waals surface area contributed by atoms with Crippen LogP contribution in [0.15, 0.2) is 12.1 Å². The first-order valence-electron chi connectivity index (χ1n) is 6.21. The van der Waals surface area contributed by atoms with Gasteiger partial charge >= 0.3 is 5.97 Å². The Morgan fingerprint density at radius 2 is 2.05 bits per heavy atom. The van der Waals surface area contributed by atoms with Gasteiger partial charge in [0.2, 0.25) is 0 Å². The molecule has 5 heteroatoms. The van der Waals surface area contributed by atoms with E-state index >= 15 is 0 Å². The Hall–Kier alpha value is -1.62. The van der Waals surface area contributed by atoms with E-state index < -0.39 is 5.97 Å². The van der Waals surface area contributed by atoms with Crippen molar-refractivity contribution < 1.29 is 14.6 Å². The maximum absolute atomic E-state index is 10.9. The van der Waals surface area contributed by atoms with Gasteiger partial charge in [-0.05, 0) is 27.7 Å². The molecule has 0 bridgehead atoms. The SMILES string of the molecule is COc1cc(C)nc(CN(CC(=O)O)C(C)(C)C)c1. The van der Waals surface area contributed by atoms with E-state index in [1.165, 1.54) is 0 Å². The van der Waals surface area contributed by atoms with Crippen molar-refractivity contribution in [3.63, 3.8) is 0 Å². The average Bonchev–Trinajstić information content (AvgIpc) is 2.25. The van der Waals surface area contributed by atoms with Crippen molar-refractivity contribution in [2.45, 2.75) is 39.8 Å². The summed E-state index contributed by atoms with van der Waals surface area (Å²) in [4.78, 5) is 17.2. The molecule has 0 saturated carbocycles.